The lowest BCUT2D eigenvalue weighted by Gasteiger charge is -2.10. The van der Waals surface area contributed by atoms with E-state index in [0.29, 0.717) is 5.69 Å². The number of hydrogen-bond donors (Lipinski definition) is 2. The second-order valence-corrected chi connectivity index (χ2v) is 4.77. The van der Waals surface area contributed by atoms with Crippen molar-refractivity contribution in [3.05, 3.63) is 53.9 Å². The lowest BCUT2D eigenvalue weighted by atomic mass is 10.2. The van der Waals surface area contributed by atoms with E-state index in [0.717, 1.165) is 30.8 Å². The molecule has 0 aliphatic heterocycles. The van der Waals surface area contributed by atoms with Crippen LogP contribution in [0.4, 0.5) is 5.69 Å². The van der Waals surface area contributed by atoms with Gasteiger partial charge in [0.25, 0.3) is 5.91 Å². The van der Waals surface area contributed by atoms with Gasteiger partial charge in [-0.2, -0.15) is 0 Å². The molecule has 4 nitrogen and oxygen atoms in total. The van der Waals surface area contributed by atoms with Crippen molar-refractivity contribution in [3.8, 4) is 0 Å². The fourth-order valence-electron chi connectivity index (χ4n) is 2.21. The first kappa shape index (κ1) is 14.3. The number of rotatable bonds is 6. The standard InChI is InChI=1S/C16H21N3O/c1-3-9-19-10-5-8-15(19)16(20)18-14-7-4-6-13(11-14)12-17-2/h4-8,10-11,17H,3,9,12H2,1-2H3,(H,18,20). The van der Waals surface area contributed by atoms with Crippen molar-refractivity contribution in [2.75, 3.05) is 12.4 Å². The van der Waals surface area contributed by atoms with Crippen LogP contribution in [0.1, 0.15) is 29.4 Å². The molecule has 1 amide bonds. The van der Waals surface area contributed by atoms with Crippen molar-refractivity contribution in [2.45, 2.75) is 26.4 Å². The largest absolute Gasteiger partial charge is 0.344 e. The molecule has 0 fully saturated rings. The van der Waals surface area contributed by atoms with E-state index in [2.05, 4.69) is 17.6 Å². The highest BCUT2D eigenvalue weighted by atomic mass is 16.1. The van der Waals surface area contributed by atoms with Crippen molar-refractivity contribution in [1.29, 1.82) is 0 Å². The number of aromatic nitrogens is 1. The molecule has 2 rings (SSSR count). The first-order chi connectivity index (χ1) is 9.74. The molecule has 1 aromatic carbocycles. The number of hydrogen-bond acceptors (Lipinski definition) is 2. The molecule has 0 saturated carbocycles. The summed E-state index contributed by atoms with van der Waals surface area (Å²) >= 11 is 0. The molecular formula is C16H21N3O. The van der Waals surface area contributed by atoms with Gasteiger partial charge in [0.2, 0.25) is 0 Å². The second kappa shape index (κ2) is 6.91. The van der Waals surface area contributed by atoms with Gasteiger partial charge in [0.05, 0.1) is 0 Å². The average molecular weight is 271 g/mol. The normalized spacial score (nSPS) is 10.5. The molecule has 0 spiro atoms. The Hall–Kier alpha value is -2.07. The van der Waals surface area contributed by atoms with E-state index in [1.54, 1.807) is 0 Å². The third kappa shape index (κ3) is 3.48. The van der Waals surface area contributed by atoms with Gasteiger partial charge in [-0.1, -0.05) is 19.1 Å². The minimum absolute atomic E-state index is 0.0648. The highest BCUT2D eigenvalue weighted by Gasteiger charge is 2.10. The van der Waals surface area contributed by atoms with Gasteiger partial charge in [-0.05, 0) is 43.3 Å². The fraction of sp³-hybridized carbons (Fsp3) is 0.312. The second-order valence-electron chi connectivity index (χ2n) is 4.77. The third-order valence-electron chi connectivity index (χ3n) is 3.09. The van der Waals surface area contributed by atoms with Gasteiger partial charge in [-0.25, -0.2) is 0 Å². The average Bonchev–Trinajstić information content (AvgIpc) is 2.88. The number of amides is 1. The Labute approximate surface area is 119 Å². The van der Waals surface area contributed by atoms with Crippen LogP contribution in [0.2, 0.25) is 0 Å². The number of carbonyl (C=O) groups is 1. The summed E-state index contributed by atoms with van der Waals surface area (Å²) in [6, 6.07) is 11.6. The van der Waals surface area contributed by atoms with Crippen molar-refractivity contribution in [3.63, 3.8) is 0 Å². The van der Waals surface area contributed by atoms with Crippen LogP contribution in [0.5, 0.6) is 0 Å². The maximum absolute atomic E-state index is 12.3. The van der Waals surface area contributed by atoms with Crippen molar-refractivity contribution in [1.82, 2.24) is 9.88 Å². The minimum Gasteiger partial charge on any atom is -0.344 e. The number of nitrogens with one attached hydrogen (secondary N) is 2. The summed E-state index contributed by atoms with van der Waals surface area (Å²) in [5, 5.41) is 6.06. The van der Waals surface area contributed by atoms with Gasteiger partial charge in [0, 0.05) is 25.0 Å². The molecule has 1 heterocycles. The zero-order valence-corrected chi connectivity index (χ0v) is 12.0. The number of carbonyl (C=O) groups excluding carboxylic acids is 1. The minimum atomic E-state index is -0.0648. The van der Waals surface area contributed by atoms with Gasteiger partial charge in [-0.3, -0.25) is 4.79 Å². The molecule has 2 aromatic rings. The molecule has 2 N–H and O–H groups in total. The van der Waals surface area contributed by atoms with E-state index in [1.807, 2.05) is 54.2 Å². The Morgan fingerprint density at radius 1 is 1.25 bits per heavy atom. The Morgan fingerprint density at radius 2 is 2.10 bits per heavy atom. The first-order valence-corrected chi connectivity index (χ1v) is 6.94. The van der Waals surface area contributed by atoms with E-state index in [4.69, 9.17) is 0 Å². The van der Waals surface area contributed by atoms with E-state index in [1.165, 1.54) is 0 Å². The Morgan fingerprint density at radius 3 is 2.85 bits per heavy atom. The van der Waals surface area contributed by atoms with E-state index < -0.39 is 0 Å². The Kier molecular flexibility index (Phi) is 4.96. The quantitative estimate of drug-likeness (QED) is 0.848. The van der Waals surface area contributed by atoms with Crippen LogP contribution in [0.15, 0.2) is 42.6 Å². The Bertz CT molecular complexity index is 575. The van der Waals surface area contributed by atoms with Gasteiger partial charge < -0.3 is 15.2 Å². The maximum Gasteiger partial charge on any atom is 0.272 e. The summed E-state index contributed by atoms with van der Waals surface area (Å²) < 4.78 is 1.98. The van der Waals surface area contributed by atoms with Gasteiger partial charge in [0.15, 0.2) is 0 Å². The van der Waals surface area contributed by atoms with Crippen LogP contribution < -0.4 is 10.6 Å². The zero-order chi connectivity index (χ0) is 14.4. The van der Waals surface area contributed by atoms with Crippen LogP contribution >= 0.6 is 0 Å². The smallest absolute Gasteiger partial charge is 0.272 e. The summed E-state index contributed by atoms with van der Waals surface area (Å²) in [7, 11) is 1.91. The third-order valence-corrected chi connectivity index (χ3v) is 3.09. The first-order valence-electron chi connectivity index (χ1n) is 6.94. The molecule has 0 saturated heterocycles. The zero-order valence-electron chi connectivity index (χ0n) is 12.0. The lowest BCUT2D eigenvalue weighted by molar-refractivity contribution is 0.101. The molecule has 1 aromatic heterocycles. The SMILES string of the molecule is CCCn1cccc1C(=O)Nc1cccc(CNC)c1. The molecule has 20 heavy (non-hydrogen) atoms. The molecular weight excluding hydrogens is 250 g/mol. The number of aryl methyl sites for hydroxylation is 1. The number of benzene rings is 1. The summed E-state index contributed by atoms with van der Waals surface area (Å²) in [6.45, 7) is 3.74. The molecule has 106 valence electrons. The van der Waals surface area contributed by atoms with E-state index >= 15 is 0 Å². The molecule has 0 unspecified atom stereocenters. The summed E-state index contributed by atoms with van der Waals surface area (Å²) in [5.74, 6) is -0.0648. The number of anilines is 1. The van der Waals surface area contributed by atoms with Crippen LogP contribution in [-0.4, -0.2) is 17.5 Å². The van der Waals surface area contributed by atoms with Crippen LogP contribution in [0.25, 0.3) is 0 Å². The molecule has 0 aliphatic carbocycles. The highest BCUT2D eigenvalue weighted by Crippen LogP contribution is 2.13. The fourth-order valence-corrected chi connectivity index (χ4v) is 2.21. The summed E-state index contributed by atoms with van der Waals surface area (Å²) in [4.78, 5) is 12.3. The highest BCUT2D eigenvalue weighted by molar-refractivity contribution is 6.03. The predicted octanol–water partition coefficient (Wildman–Crippen LogP) is 2.87. The summed E-state index contributed by atoms with van der Waals surface area (Å²) in [6.07, 6.45) is 2.95. The molecule has 0 atom stereocenters. The summed E-state index contributed by atoms with van der Waals surface area (Å²) in [5.41, 5.74) is 2.67. The van der Waals surface area contributed by atoms with Crippen molar-refractivity contribution < 1.29 is 4.79 Å². The molecule has 0 bridgehead atoms. The van der Waals surface area contributed by atoms with E-state index in [-0.39, 0.29) is 5.91 Å². The van der Waals surface area contributed by atoms with Crippen LogP contribution in [-0.2, 0) is 13.1 Å². The number of nitrogens with zero attached hydrogens (tertiary/aromatic N) is 1. The van der Waals surface area contributed by atoms with Gasteiger partial charge in [0.1, 0.15) is 5.69 Å². The van der Waals surface area contributed by atoms with Crippen LogP contribution in [0, 0.1) is 0 Å². The maximum atomic E-state index is 12.3. The van der Waals surface area contributed by atoms with Crippen molar-refractivity contribution >= 4 is 11.6 Å². The van der Waals surface area contributed by atoms with Crippen LogP contribution in [0.3, 0.4) is 0 Å². The predicted molar refractivity (Wildman–Crippen MR) is 81.9 cm³/mol. The van der Waals surface area contributed by atoms with Gasteiger partial charge >= 0.3 is 0 Å². The molecule has 4 heteroatoms. The molecule has 0 aliphatic rings. The monoisotopic (exact) mass is 271 g/mol. The molecule has 0 radical (unpaired) electrons. The topological polar surface area (TPSA) is 46.1 Å². The van der Waals surface area contributed by atoms with Gasteiger partial charge in [-0.15, -0.1) is 0 Å². The Balaban J connectivity index is 2.10. The van der Waals surface area contributed by atoms with E-state index in [9.17, 15) is 4.79 Å². The van der Waals surface area contributed by atoms with Crippen molar-refractivity contribution in [2.24, 2.45) is 0 Å². The lowest BCUT2D eigenvalue weighted by Crippen LogP contribution is -2.17.